The molecule has 0 spiro atoms. The third kappa shape index (κ3) is 5.00. The first-order valence-corrected chi connectivity index (χ1v) is 10.5. The van der Waals surface area contributed by atoms with Crippen LogP contribution in [-0.4, -0.2) is 24.5 Å². The first-order chi connectivity index (χ1) is 14.0. The van der Waals surface area contributed by atoms with Crippen molar-refractivity contribution in [3.8, 4) is 5.75 Å². The van der Waals surface area contributed by atoms with Crippen LogP contribution in [0.4, 0.5) is 0 Å². The summed E-state index contributed by atoms with van der Waals surface area (Å²) in [5, 5.41) is 4.28. The van der Waals surface area contributed by atoms with Gasteiger partial charge in [0.05, 0.1) is 7.11 Å². The van der Waals surface area contributed by atoms with E-state index in [4.69, 9.17) is 4.74 Å². The molecule has 0 saturated carbocycles. The summed E-state index contributed by atoms with van der Waals surface area (Å²) in [6.07, 6.45) is 4.43. The number of benzene rings is 2. The largest absolute Gasteiger partial charge is 0.497 e. The van der Waals surface area contributed by atoms with Gasteiger partial charge in [-0.3, -0.25) is 4.79 Å². The molecule has 4 heteroatoms. The average Bonchev–Trinajstić information content (AvgIpc) is 3.15. The molecule has 4 nitrogen and oxygen atoms in total. The maximum Gasteiger partial charge on any atom is 0.220 e. The molecule has 1 atom stereocenters. The quantitative estimate of drug-likeness (QED) is 0.511. The molecule has 154 valence electrons. The normalized spacial score (nSPS) is 12.3. The molecule has 0 aliphatic rings. The van der Waals surface area contributed by atoms with Gasteiger partial charge in [0.1, 0.15) is 5.75 Å². The summed E-state index contributed by atoms with van der Waals surface area (Å²) in [5.41, 5.74) is 4.70. The fraction of sp³-hybridized carbons (Fsp3) is 0.400. The number of H-pyrrole nitrogens is 1. The fourth-order valence-electron chi connectivity index (χ4n) is 3.85. The van der Waals surface area contributed by atoms with E-state index >= 15 is 0 Å². The Labute approximate surface area is 173 Å². The zero-order chi connectivity index (χ0) is 20.8. The highest BCUT2D eigenvalue weighted by Gasteiger charge is 2.22. The summed E-state index contributed by atoms with van der Waals surface area (Å²) >= 11 is 0. The molecule has 1 unspecified atom stereocenters. The smallest absolute Gasteiger partial charge is 0.220 e. The van der Waals surface area contributed by atoms with Crippen molar-refractivity contribution < 1.29 is 9.53 Å². The van der Waals surface area contributed by atoms with Gasteiger partial charge in [0.15, 0.2) is 0 Å². The van der Waals surface area contributed by atoms with E-state index in [1.165, 1.54) is 10.9 Å². The number of nitrogens with one attached hydrogen (secondary N) is 2. The van der Waals surface area contributed by atoms with Crippen LogP contribution in [0.2, 0.25) is 0 Å². The second-order valence-electron chi connectivity index (χ2n) is 8.00. The predicted octanol–water partition coefficient (Wildman–Crippen LogP) is 5.42. The van der Waals surface area contributed by atoms with Gasteiger partial charge in [-0.25, -0.2) is 0 Å². The lowest BCUT2D eigenvalue weighted by Crippen LogP contribution is -2.27. The number of carbonyl (C=O) groups is 1. The van der Waals surface area contributed by atoms with Crippen LogP contribution in [0.1, 0.15) is 56.2 Å². The van der Waals surface area contributed by atoms with Gasteiger partial charge >= 0.3 is 0 Å². The Hall–Kier alpha value is -2.75. The molecule has 1 aromatic heterocycles. The van der Waals surface area contributed by atoms with Gasteiger partial charge < -0.3 is 15.0 Å². The fourth-order valence-corrected chi connectivity index (χ4v) is 3.85. The van der Waals surface area contributed by atoms with E-state index in [-0.39, 0.29) is 11.8 Å². The first kappa shape index (κ1) is 21.0. The molecule has 0 radical (unpaired) electrons. The summed E-state index contributed by atoms with van der Waals surface area (Å²) in [6, 6.07) is 14.4. The standard InChI is InChI=1S/C25H32N2O2/c1-5-18-8-7-11-21-23(16-27-25(18)21)22(15-24(28)26-13-12-17(2)3)19-9-6-10-20(14-19)29-4/h6-11,14,16-17,22,27H,5,12-13,15H2,1-4H3,(H,26,28). The first-order valence-electron chi connectivity index (χ1n) is 10.5. The molecule has 3 rings (SSSR count). The van der Waals surface area contributed by atoms with E-state index in [9.17, 15) is 4.79 Å². The minimum atomic E-state index is -0.0370. The molecule has 2 N–H and O–H groups in total. The number of aromatic amines is 1. The molecule has 0 aliphatic heterocycles. The van der Waals surface area contributed by atoms with Gasteiger partial charge in [-0.1, -0.05) is 51.1 Å². The Balaban J connectivity index is 1.96. The van der Waals surface area contributed by atoms with Crippen LogP contribution in [0.5, 0.6) is 5.75 Å². The van der Waals surface area contributed by atoms with Gasteiger partial charge in [0.25, 0.3) is 0 Å². The second-order valence-corrected chi connectivity index (χ2v) is 8.00. The van der Waals surface area contributed by atoms with Gasteiger partial charge in [0.2, 0.25) is 5.91 Å². The number of ether oxygens (including phenoxy) is 1. The number of aromatic nitrogens is 1. The third-order valence-corrected chi connectivity index (χ3v) is 5.52. The van der Waals surface area contributed by atoms with Gasteiger partial charge in [0, 0.05) is 36.0 Å². The third-order valence-electron chi connectivity index (χ3n) is 5.52. The maximum atomic E-state index is 12.8. The number of methoxy groups -OCH3 is 1. The number of para-hydroxylation sites is 1. The van der Waals surface area contributed by atoms with Crippen LogP contribution in [0.3, 0.4) is 0 Å². The minimum Gasteiger partial charge on any atom is -0.497 e. The predicted molar refractivity (Wildman–Crippen MR) is 120 cm³/mol. The van der Waals surface area contributed by atoms with Crippen molar-refractivity contribution in [2.45, 2.75) is 46.0 Å². The Morgan fingerprint density at radius 1 is 1.17 bits per heavy atom. The Morgan fingerprint density at radius 2 is 1.97 bits per heavy atom. The summed E-state index contributed by atoms with van der Waals surface area (Å²) in [6.45, 7) is 7.22. The van der Waals surface area contributed by atoms with Crippen molar-refractivity contribution in [2.75, 3.05) is 13.7 Å². The van der Waals surface area contributed by atoms with Crippen molar-refractivity contribution >= 4 is 16.8 Å². The number of hydrogen-bond acceptors (Lipinski definition) is 2. The Bertz CT molecular complexity index is 958. The molecular formula is C25H32N2O2. The molecular weight excluding hydrogens is 360 g/mol. The zero-order valence-electron chi connectivity index (χ0n) is 17.9. The number of aryl methyl sites for hydroxylation is 1. The number of rotatable bonds is 9. The van der Waals surface area contributed by atoms with Crippen LogP contribution in [0.15, 0.2) is 48.7 Å². The van der Waals surface area contributed by atoms with Crippen LogP contribution < -0.4 is 10.1 Å². The van der Waals surface area contributed by atoms with Gasteiger partial charge in [-0.15, -0.1) is 0 Å². The SMILES string of the molecule is CCc1cccc2c(C(CC(=O)NCCC(C)C)c3cccc(OC)c3)c[nH]c12. The van der Waals surface area contributed by atoms with Crippen molar-refractivity contribution in [1.29, 1.82) is 0 Å². The highest BCUT2D eigenvalue weighted by molar-refractivity contribution is 5.88. The lowest BCUT2D eigenvalue weighted by molar-refractivity contribution is -0.121. The van der Waals surface area contributed by atoms with Gasteiger partial charge in [-0.05, 0) is 47.6 Å². The summed E-state index contributed by atoms with van der Waals surface area (Å²) in [4.78, 5) is 16.2. The van der Waals surface area contributed by atoms with E-state index < -0.39 is 0 Å². The Kier molecular flexibility index (Phi) is 6.97. The van der Waals surface area contributed by atoms with E-state index in [2.05, 4.69) is 61.5 Å². The van der Waals surface area contributed by atoms with E-state index in [1.807, 2.05) is 18.2 Å². The zero-order valence-corrected chi connectivity index (χ0v) is 17.9. The van der Waals surface area contributed by atoms with Crippen LogP contribution in [0.25, 0.3) is 10.9 Å². The van der Waals surface area contributed by atoms with E-state index in [0.29, 0.717) is 12.3 Å². The van der Waals surface area contributed by atoms with Crippen molar-refractivity contribution in [3.05, 3.63) is 65.4 Å². The summed E-state index contributed by atoms with van der Waals surface area (Å²) < 4.78 is 5.43. The van der Waals surface area contributed by atoms with Crippen molar-refractivity contribution in [1.82, 2.24) is 10.3 Å². The van der Waals surface area contributed by atoms with Gasteiger partial charge in [-0.2, -0.15) is 0 Å². The number of amides is 1. The summed E-state index contributed by atoms with van der Waals surface area (Å²) in [5.74, 6) is 1.43. The number of fused-ring (bicyclic) bond motifs is 1. The Morgan fingerprint density at radius 3 is 2.69 bits per heavy atom. The van der Waals surface area contributed by atoms with E-state index in [0.717, 1.165) is 41.8 Å². The lowest BCUT2D eigenvalue weighted by atomic mass is 9.87. The highest BCUT2D eigenvalue weighted by atomic mass is 16.5. The molecule has 0 fully saturated rings. The maximum absolute atomic E-state index is 12.8. The van der Waals surface area contributed by atoms with Crippen LogP contribution in [0, 0.1) is 5.92 Å². The summed E-state index contributed by atoms with van der Waals surface area (Å²) in [7, 11) is 1.67. The minimum absolute atomic E-state index is 0.0370. The molecule has 3 aromatic rings. The van der Waals surface area contributed by atoms with Crippen molar-refractivity contribution in [3.63, 3.8) is 0 Å². The molecule has 0 aliphatic carbocycles. The number of carbonyl (C=O) groups excluding carboxylic acids is 1. The average molecular weight is 393 g/mol. The lowest BCUT2D eigenvalue weighted by Gasteiger charge is -2.18. The molecule has 2 aromatic carbocycles. The monoisotopic (exact) mass is 392 g/mol. The highest BCUT2D eigenvalue weighted by Crippen LogP contribution is 2.35. The molecule has 0 bridgehead atoms. The second kappa shape index (κ2) is 9.64. The van der Waals surface area contributed by atoms with Crippen LogP contribution >= 0.6 is 0 Å². The van der Waals surface area contributed by atoms with Crippen molar-refractivity contribution in [2.24, 2.45) is 5.92 Å². The molecule has 1 amide bonds. The molecule has 0 saturated heterocycles. The molecule has 1 heterocycles. The topological polar surface area (TPSA) is 54.1 Å². The molecule has 29 heavy (non-hydrogen) atoms. The number of hydrogen-bond donors (Lipinski definition) is 2. The van der Waals surface area contributed by atoms with Crippen LogP contribution in [-0.2, 0) is 11.2 Å². The van der Waals surface area contributed by atoms with E-state index in [1.54, 1.807) is 7.11 Å².